The Kier molecular flexibility index (Phi) is 5.81. The molecule has 1 aliphatic heterocycles. The Labute approximate surface area is 158 Å². The van der Waals surface area contributed by atoms with Gasteiger partial charge in [0.2, 0.25) is 5.91 Å². The lowest BCUT2D eigenvalue weighted by molar-refractivity contribution is -0.124. The predicted molar refractivity (Wildman–Crippen MR) is 103 cm³/mol. The molecule has 26 heavy (non-hydrogen) atoms. The molecule has 2 aromatic rings. The van der Waals surface area contributed by atoms with Crippen LogP contribution < -0.4 is 15.8 Å². The molecule has 1 heterocycles. The van der Waals surface area contributed by atoms with Crippen LogP contribution in [0.2, 0.25) is 5.02 Å². The van der Waals surface area contributed by atoms with Crippen LogP contribution in [-0.2, 0) is 16.1 Å². The molecule has 6 heteroatoms. The molecule has 0 spiro atoms. The maximum atomic E-state index is 12.5. The van der Waals surface area contributed by atoms with Crippen molar-refractivity contribution in [1.29, 1.82) is 0 Å². The number of halogens is 1. The number of nitrogens with one attached hydrogen (secondary N) is 1. The van der Waals surface area contributed by atoms with Gasteiger partial charge in [-0.1, -0.05) is 23.7 Å². The standard InChI is InChI=1S/C20H23ClN2O3/c1-14-11-17(26-13-15-3-2-4-16(21)12-15)5-6-18(14)23-19(24)20(22)7-9-25-10-8-20/h2-6,11-12H,7-10,13,22H2,1H3,(H,23,24). The molecular formula is C20H23ClN2O3. The second-order valence-corrected chi connectivity index (χ2v) is 7.05. The highest BCUT2D eigenvalue weighted by atomic mass is 35.5. The maximum Gasteiger partial charge on any atom is 0.244 e. The molecule has 5 nitrogen and oxygen atoms in total. The molecule has 0 aromatic heterocycles. The summed E-state index contributed by atoms with van der Waals surface area (Å²) in [5, 5.41) is 3.62. The highest BCUT2D eigenvalue weighted by Gasteiger charge is 2.36. The van der Waals surface area contributed by atoms with E-state index in [1.54, 1.807) is 0 Å². The van der Waals surface area contributed by atoms with Gasteiger partial charge in [0, 0.05) is 23.9 Å². The summed E-state index contributed by atoms with van der Waals surface area (Å²) in [6.45, 7) is 3.38. The molecule has 0 unspecified atom stereocenters. The van der Waals surface area contributed by atoms with E-state index in [4.69, 9.17) is 26.8 Å². The van der Waals surface area contributed by atoms with Crippen LogP contribution in [0.15, 0.2) is 42.5 Å². The fourth-order valence-corrected chi connectivity index (χ4v) is 3.08. The fraction of sp³-hybridized carbons (Fsp3) is 0.350. The first-order valence-corrected chi connectivity index (χ1v) is 9.00. The van der Waals surface area contributed by atoms with Crippen LogP contribution in [0.4, 0.5) is 5.69 Å². The zero-order valence-corrected chi connectivity index (χ0v) is 15.5. The average Bonchev–Trinajstić information content (AvgIpc) is 2.62. The van der Waals surface area contributed by atoms with Gasteiger partial charge in [0.15, 0.2) is 0 Å². The summed E-state index contributed by atoms with van der Waals surface area (Å²) in [6, 6.07) is 13.1. The molecule has 0 bridgehead atoms. The Morgan fingerprint density at radius 2 is 2.04 bits per heavy atom. The summed E-state index contributed by atoms with van der Waals surface area (Å²) in [7, 11) is 0. The van der Waals surface area contributed by atoms with E-state index in [2.05, 4.69) is 5.32 Å². The lowest BCUT2D eigenvalue weighted by Crippen LogP contribution is -2.54. The first-order valence-electron chi connectivity index (χ1n) is 8.62. The smallest absolute Gasteiger partial charge is 0.244 e. The Morgan fingerprint density at radius 3 is 2.73 bits per heavy atom. The minimum atomic E-state index is -0.869. The number of amides is 1. The molecule has 0 radical (unpaired) electrons. The van der Waals surface area contributed by atoms with Crippen molar-refractivity contribution in [1.82, 2.24) is 0 Å². The molecule has 1 amide bonds. The largest absolute Gasteiger partial charge is 0.489 e. The summed E-state index contributed by atoms with van der Waals surface area (Å²) in [5.41, 5.74) is 8.01. The van der Waals surface area contributed by atoms with E-state index in [-0.39, 0.29) is 5.91 Å². The van der Waals surface area contributed by atoms with Crippen molar-refractivity contribution >= 4 is 23.2 Å². The van der Waals surface area contributed by atoms with Gasteiger partial charge in [-0.05, 0) is 61.2 Å². The summed E-state index contributed by atoms with van der Waals surface area (Å²) in [4.78, 5) is 12.5. The molecule has 0 saturated carbocycles. The van der Waals surface area contributed by atoms with Crippen LogP contribution in [0.1, 0.15) is 24.0 Å². The third-order valence-electron chi connectivity index (χ3n) is 4.58. The van der Waals surface area contributed by atoms with Gasteiger partial charge in [0.25, 0.3) is 0 Å². The number of anilines is 1. The number of hydrogen-bond acceptors (Lipinski definition) is 4. The van der Waals surface area contributed by atoms with Crippen molar-refractivity contribution in [2.45, 2.75) is 31.9 Å². The molecular weight excluding hydrogens is 352 g/mol. The summed E-state index contributed by atoms with van der Waals surface area (Å²) < 4.78 is 11.1. The monoisotopic (exact) mass is 374 g/mol. The van der Waals surface area contributed by atoms with E-state index in [0.29, 0.717) is 37.7 Å². The minimum Gasteiger partial charge on any atom is -0.489 e. The number of aryl methyl sites for hydroxylation is 1. The van der Waals surface area contributed by atoms with Crippen LogP contribution in [0.25, 0.3) is 0 Å². The number of carbonyl (C=O) groups is 1. The van der Waals surface area contributed by atoms with Gasteiger partial charge in [-0.2, -0.15) is 0 Å². The summed E-state index contributed by atoms with van der Waals surface area (Å²) in [5.74, 6) is 0.561. The van der Waals surface area contributed by atoms with Gasteiger partial charge >= 0.3 is 0 Å². The molecule has 2 aromatic carbocycles. The first kappa shape index (κ1) is 18.7. The predicted octanol–water partition coefficient (Wildman–Crippen LogP) is 3.67. The van der Waals surface area contributed by atoms with Crippen LogP contribution in [0.3, 0.4) is 0 Å². The summed E-state index contributed by atoms with van der Waals surface area (Å²) in [6.07, 6.45) is 1.05. The van der Waals surface area contributed by atoms with Gasteiger partial charge in [0.1, 0.15) is 17.9 Å². The van der Waals surface area contributed by atoms with Crippen molar-refractivity contribution in [2.24, 2.45) is 5.73 Å². The van der Waals surface area contributed by atoms with E-state index in [1.807, 2.05) is 49.4 Å². The number of ether oxygens (including phenoxy) is 2. The lowest BCUT2D eigenvalue weighted by Gasteiger charge is -2.32. The van der Waals surface area contributed by atoms with E-state index in [0.717, 1.165) is 22.6 Å². The van der Waals surface area contributed by atoms with E-state index < -0.39 is 5.54 Å². The maximum absolute atomic E-state index is 12.5. The van der Waals surface area contributed by atoms with E-state index in [9.17, 15) is 4.79 Å². The normalized spacial score (nSPS) is 16.1. The number of nitrogens with two attached hydrogens (primary N) is 1. The lowest BCUT2D eigenvalue weighted by atomic mass is 9.90. The zero-order chi connectivity index (χ0) is 18.6. The highest BCUT2D eigenvalue weighted by Crippen LogP contribution is 2.25. The van der Waals surface area contributed by atoms with Crippen molar-refractivity contribution in [3.05, 3.63) is 58.6 Å². The number of rotatable bonds is 5. The SMILES string of the molecule is Cc1cc(OCc2cccc(Cl)c2)ccc1NC(=O)C1(N)CCOCC1. The highest BCUT2D eigenvalue weighted by molar-refractivity contribution is 6.30. The Balaban J connectivity index is 1.63. The molecule has 3 N–H and O–H groups in total. The van der Waals surface area contributed by atoms with Gasteiger partial charge in [-0.3, -0.25) is 4.79 Å². The van der Waals surface area contributed by atoms with Gasteiger partial charge in [-0.25, -0.2) is 0 Å². The van der Waals surface area contributed by atoms with Crippen LogP contribution in [0.5, 0.6) is 5.75 Å². The Hall–Kier alpha value is -2.08. The van der Waals surface area contributed by atoms with Gasteiger partial charge in [0.05, 0.1) is 0 Å². The minimum absolute atomic E-state index is 0.170. The summed E-state index contributed by atoms with van der Waals surface area (Å²) >= 11 is 5.98. The third kappa shape index (κ3) is 4.55. The van der Waals surface area contributed by atoms with Crippen LogP contribution in [-0.4, -0.2) is 24.7 Å². The van der Waals surface area contributed by atoms with E-state index in [1.165, 1.54) is 0 Å². The van der Waals surface area contributed by atoms with E-state index >= 15 is 0 Å². The van der Waals surface area contributed by atoms with Crippen molar-refractivity contribution < 1.29 is 14.3 Å². The number of benzene rings is 2. The first-order chi connectivity index (χ1) is 12.5. The molecule has 1 saturated heterocycles. The molecule has 3 rings (SSSR count). The quantitative estimate of drug-likeness (QED) is 0.837. The molecule has 0 atom stereocenters. The van der Waals surface area contributed by atoms with Crippen molar-refractivity contribution in [3.63, 3.8) is 0 Å². The topological polar surface area (TPSA) is 73.6 Å². The second kappa shape index (κ2) is 8.08. The van der Waals surface area contributed by atoms with Gasteiger partial charge in [-0.15, -0.1) is 0 Å². The third-order valence-corrected chi connectivity index (χ3v) is 4.81. The molecule has 138 valence electrons. The molecule has 1 aliphatic rings. The van der Waals surface area contributed by atoms with Gasteiger partial charge < -0.3 is 20.5 Å². The Bertz CT molecular complexity index is 788. The number of hydrogen-bond donors (Lipinski definition) is 2. The molecule has 1 fully saturated rings. The van der Waals surface area contributed by atoms with Crippen molar-refractivity contribution in [2.75, 3.05) is 18.5 Å². The van der Waals surface area contributed by atoms with Crippen molar-refractivity contribution in [3.8, 4) is 5.75 Å². The zero-order valence-electron chi connectivity index (χ0n) is 14.8. The average molecular weight is 375 g/mol. The van der Waals surface area contributed by atoms with Crippen LogP contribution >= 0.6 is 11.6 Å². The number of carbonyl (C=O) groups excluding carboxylic acids is 1. The fourth-order valence-electron chi connectivity index (χ4n) is 2.87. The van der Waals surface area contributed by atoms with Crippen LogP contribution in [0, 0.1) is 6.92 Å². The molecule has 0 aliphatic carbocycles. The second-order valence-electron chi connectivity index (χ2n) is 6.62. The Morgan fingerprint density at radius 1 is 1.27 bits per heavy atom.